The Bertz CT molecular complexity index is 822. The fourth-order valence-corrected chi connectivity index (χ4v) is 2.44. The van der Waals surface area contributed by atoms with E-state index >= 15 is 0 Å². The SMILES string of the molecule is Cc1ccc2nc(C(=O)N(C)C)c3ccccc3c2c1. The fraction of sp³-hybridized carbons (Fsp3) is 0.176. The van der Waals surface area contributed by atoms with Gasteiger partial charge in [0.2, 0.25) is 0 Å². The van der Waals surface area contributed by atoms with Crippen LogP contribution in [0.15, 0.2) is 42.5 Å². The predicted molar refractivity (Wildman–Crippen MR) is 82.0 cm³/mol. The molecule has 0 aliphatic rings. The van der Waals surface area contributed by atoms with Crippen LogP contribution in [-0.2, 0) is 0 Å². The molecule has 0 radical (unpaired) electrons. The van der Waals surface area contributed by atoms with Gasteiger partial charge in [0.25, 0.3) is 5.91 Å². The summed E-state index contributed by atoms with van der Waals surface area (Å²) in [6, 6.07) is 14.1. The smallest absolute Gasteiger partial charge is 0.272 e. The molecule has 3 nitrogen and oxygen atoms in total. The summed E-state index contributed by atoms with van der Waals surface area (Å²) in [7, 11) is 3.50. The van der Waals surface area contributed by atoms with Gasteiger partial charge in [0.1, 0.15) is 5.69 Å². The van der Waals surface area contributed by atoms with Crippen LogP contribution in [0, 0.1) is 6.92 Å². The highest BCUT2D eigenvalue weighted by Gasteiger charge is 2.16. The predicted octanol–water partition coefficient (Wildman–Crippen LogP) is 3.40. The number of carbonyl (C=O) groups excluding carboxylic acids is 1. The van der Waals surface area contributed by atoms with Crippen LogP contribution in [0.1, 0.15) is 16.1 Å². The highest BCUT2D eigenvalue weighted by Crippen LogP contribution is 2.27. The average Bonchev–Trinajstić information content (AvgIpc) is 2.45. The maximum absolute atomic E-state index is 12.3. The Hall–Kier alpha value is -2.42. The molecule has 0 fully saturated rings. The van der Waals surface area contributed by atoms with E-state index in [4.69, 9.17) is 0 Å². The van der Waals surface area contributed by atoms with Gasteiger partial charge in [0, 0.05) is 24.9 Å². The van der Waals surface area contributed by atoms with Crippen LogP contribution in [-0.4, -0.2) is 29.9 Å². The molecule has 0 bridgehead atoms. The van der Waals surface area contributed by atoms with Gasteiger partial charge in [-0.2, -0.15) is 0 Å². The van der Waals surface area contributed by atoms with Gasteiger partial charge in [-0.05, 0) is 24.4 Å². The van der Waals surface area contributed by atoms with Gasteiger partial charge in [-0.25, -0.2) is 4.98 Å². The molecule has 2 aromatic carbocycles. The van der Waals surface area contributed by atoms with Gasteiger partial charge in [-0.1, -0.05) is 35.9 Å². The number of pyridine rings is 1. The quantitative estimate of drug-likeness (QED) is 0.631. The molecular weight excluding hydrogens is 248 g/mol. The molecular formula is C17H16N2O. The van der Waals surface area contributed by atoms with E-state index < -0.39 is 0 Å². The first kappa shape index (κ1) is 12.6. The first-order valence-electron chi connectivity index (χ1n) is 6.58. The zero-order valence-corrected chi connectivity index (χ0v) is 11.8. The number of aromatic nitrogens is 1. The minimum absolute atomic E-state index is 0.0660. The van der Waals surface area contributed by atoms with Crippen LogP contribution in [0.2, 0.25) is 0 Å². The van der Waals surface area contributed by atoms with Crippen molar-refractivity contribution in [1.82, 2.24) is 9.88 Å². The van der Waals surface area contributed by atoms with Crippen LogP contribution in [0.4, 0.5) is 0 Å². The summed E-state index contributed by atoms with van der Waals surface area (Å²) in [5, 5.41) is 3.08. The molecule has 0 saturated heterocycles. The standard InChI is InChI=1S/C17H16N2O/c1-11-8-9-15-14(10-11)12-6-4-5-7-13(12)16(18-15)17(20)19(2)3/h4-10H,1-3H3. The lowest BCUT2D eigenvalue weighted by Gasteiger charge is -2.13. The number of rotatable bonds is 1. The van der Waals surface area contributed by atoms with Crippen molar-refractivity contribution in [1.29, 1.82) is 0 Å². The van der Waals surface area contributed by atoms with Crippen molar-refractivity contribution >= 4 is 27.6 Å². The first-order chi connectivity index (χ1) is 9.58. The fourth-order valence-electron chi connectivity index (χ4n) is 2.44. The van der Waals surface area contributed by atoms with Crippen molar-refractivity contribution in [3.63, 3.8) is 0 Å². The molecule has 0 unspecified atom stereocenters. The highest BCUT2D eigenvalue weighted by molar-refractivity contribution is 6.14. The molecule has 0 N–H and O–H groups in total. The minimum Gasteiger partial charge on any atom is -0.343 e. The number of hydrogen-bond donors (Lipinski definition) is 0. The third-order valence-corrected chi connectivity index (χ3v) is 3.47. The summed E-state index contributed by atoms with van der Waals surface area (Å²) in [4.78, 5) is 18.5. The summed E-state index contributed by atoms with van der Waals surface area (Å²) in [5.74, 6) is -0.0660. The van der Waals surface area contributed by atoms with Crippen LogP contribution in [0.3, 0.4) is 0 Å². The van der Waals surface area contributed by atoms with Crippen LogP contribution in [0.5, 0.6) is 0 Å². The van der Waals surface area contributed by atoms with Crippen molar-refractivity contribution in [3.8, 4) is 0 Å². The number of amides is 1. The summed E-state index contributed by atoms with van der Waals surface area (Å²) in [6.07, 6.45) is 0. The van der Waals surface area contributed by atoms with E-state index in [-0.39, 0.29) is 5.91 Å². The summed E-state index contributed by atoms with van der Waals surface area (Å²) < 4.78 is 0. The minimum atomic E-state index is -0.0660. The maximum Gasteiger partial charge on any atom is 0.272 e. The second-order valence-corrected chi connectivity index (χ2v) is 5.23. The van der Waals surface area contributed by atoms with Crippen LogP contribution < -0.4 is 0 Å². The molecule has 3 heteroatoms. The highest BCUT2D eigenvalue weighted by atomic mass is 16.2. The molecule has 1 amide bonds. The largest absolute Gasteiger partial charge is 0.343 e. The normalized spacial score (nSPS) is 10.9. The Morgan fingerprint density at radius 3 is 2.40 bits per heavy atom. The summed E-state index contributed by atoms with van der Waals surface area (Å²) in [5.41, 5.74) is 2.57. The monoisotopic (exact) mass is 264 g/mol. The number of aryl methyl sites for hydroxylation is 1. The van der Waals surface area contributed by atoms with Crippen molar-refractivity contribution in [2.75, 3.05) is 14.1 Å². The number of fused-ring (bicyclic) bond motifs is 3. The number of benzene rings is 2. The lowest BCUT2D eigenvalue weighted by Crippen LogP contribution is -2.23. The van der Waals surface area contributed by atoms with Crippen molar-refractivity contribution in [2.45, 2.75) is 6.92 Å². The average molecular weight is 264 g/mol. The molecule has 100 valence electrons. The summed E-state index contributed by atoms with van der Waals surface area (Å²) in [6.45, 7) is 2.06. The molecule has 0 aliphatic carbocycles. The van der Waals surface area contributed by atoms with E-state index in [1.165, 1.54) is 5.56 Å². The van der Waals surface area contributed by atoms with E-state index in [1.807, 2.05) is 36.4 Å². The van der Waals surface area contributed by atoms with Gasteiger partial charge < -0.3 is 4.90 Å². The third kappa shape index (κ3) is 1.92. The van der Waals surface area contributed by atoms with Crippen LogP contribution in [0.25, 0.3) is 21.7 Å². The van der Waals surface area contributed by atoms with Crippen molar-refractivity contribution in [2.24, 2.45) is 0 Å². The number of hydrogen-bond acceptors (Lipinski definition) is 2. The van der Waals surface area contributed by atoms with Gasteiger partial charge in [0.15, 0.2) is 0 Å². The molecule has 0 atom stereocenters. The van der Waals surface area contributed by atoms with Crippen molar-refractivity contribution < 1.29 is 4.79 Å². The molecule has 0 saturated carbocycles. The molecule has 1 aromatic heterocycles. The molecule has 3 aromatic rings. The van der Waals surface area contributed by atoms with Gasteiger partial charge >= 0.3 is 0 Å². The Morgan fingerprint density at radius 2 is 1.70 bits per heavy atom. The number of nitrogens with zero attached hydrogens (tertiary/aromatic N) is 2. The Morgan fingerprint density at radius 1 is 1.00 bits per heavy atom. The van der Waals surface area contributed by atoms with E-state index in [2.05, 4.69) is 18.0 Å². The van der Waals surface area contributed by atoms with E-state index in [0.29, 0.717) is 5.69 Å². The lowest BCUT2D eigenvalue weighted by molar-refractivity contribution is 0.0824. The first-order valence-corrected chi connectivity index (χ1v) is 6.58. The third-order valence-electron chi connectivity index (χ3n) is 3.47. The zero-order chi connectivity index (χ0) is 14.3. The molecule has 3 rings (SSSR count). The van der Waals surface area contributed by atoms with Crippen LogP contribution >= 0.6 is 0 Å². The number of carbonyl (C=O) groups is 1. The Labute approximate surface area is 117 Å². The van der Waals surface area contributed by atoms with Gasteiger partial charge in [-0.15, -0.1) is 0 Å². The van der Waals surface area contributed by atoms with E-state index in [9.17, 15) is 4.79 Å². The molecule has 0 spiro atoms. The molecule has 0 aliphatic heterocycles. The Kier molecular flexibility index (Phi) is 2.90. The van der Waals surface area contributed by atoms with Gasteiger partial charge in [0.05, 0.1) is 5.52 Å². The summed E-state index contributed by atoms with van der Waals surface area (Å²) >= 11 is 0. The maximum atomic E-state index is 12.3. The van der Waals surface area contributed by atoms with Gasteiger partial charge in [-0.3, -0.25) is 4.79 Å². The zero-order valence-electron chi connectivity index (χ0n) is 11.8. The molecule has 1 heterocycles. The Balaban J connectivity index is 2.46. The topological polar surface area (TPSA) is 33.2 Å². The van der Waals surface area contributed by atoms with E-state index in [0.717, 1.165) is 21.7 Å². The second-order valence-electron chi connectivity index (χ2n) is 5.23. The van der Waals surface area contributed by atoms with E-state index in [1.54, 1.807) is 19.0 Å². The second kappa shape index (κ2) is 4.60. The lowest BCUT2D eigenvalue weighted by atomic mass is 10.0. The molecule has 20 heavy (non-hydrogen) atoms. The van der Waals surface area contributed by atoms with Crippen molar-refractivity contribution in [3.05, 3.63) is 53.7 Å².